The van der Waals surface area contributed by atoms with Crippen LogP contribution in [0.4, 0.5) is 5.69 Å². The van der Waals surface area contributed by atoms with Crippen LogP contribution < -0.4 is 5.73 Å². The number of nitrogens with zero attached hydrogens (tertiary/aromatic N) is 2. The molecule has 2 aromatic carbocycles. The van der Waals surface area contributed by atoms with Gasteiger partial charge in [0.1, 0.15) is 11.8 Å². The second-order valence-electron chi connectivity index (χ2n) is 6.28. The van der Waals surface area contributed by atoms with E-state index < -0.39 is 0 Å². The molecule has 3 heteroatoms. The van der Waals surface area contributed by atoms with Gasteiger partial charge in [-0.05, 0) is 31.0 Å². The zero-order valence-electron chi connectivity index (χ0n) is 14.1. The standard InChI is InChI=1S/C21H21N3/c1-15-5-3-7-17(9-15)11-21-20(23)12-19(13-22)24(21)14-18-8-4-6-16(2)10-18/h3-10,12H,11,14,23H2,1-2H3. The van der Waals surface area contributed by atoms with E-state index in [9.17, 15) is 5.26 Å². The molecule has 0 spiro atoms. The van der Waals surface area contributed by atoms with Gasteiger partial charge in [-0.3, -0.25) is 0 Å². The topological polar surface area (TPSA) is 54.7 Å². The maximum absolute atomic E-state index is 9.47. The van der Waals surface area contributed by atoms with Gasteiger partial charge >= 0.3 is 0 Å². The van der Waals surface area contributed by atoms with E-state index in [1.807, 2.05) is 10.6 Å². The van der Waals surface area contributed by atoms with Gasteiger partial charge in [0.05, 0.1) is 5.69 Å². The highest BCUT2D eigenvalue weighted by Gasteiger charge is 2.14. The van der Waals surface area contributed by atoms with Crippen LogP contribution in [0.5, 0.6) is 0 Å². The fourth-order valence-corrected chi connectivity index (χ4v) is 3.09. The molecule has 2 N–H and O–H groups in total. The molecule has 0 aliphatic heterocycles. The number of hydrogen-bond acceptors (Lipinski definition) is 2. The number of nitrogen functional groups attached to an aromatic ring is 1. The highest BCUT2D eigenvalue weighted by molar-refractivity contribution is 5.52. The normalized spacial score (nSPS) is 10.5. The third-order valence-electron chi connectivity index (χ3n) is 4.23. The molecule has 120 valence electrons. The summed E-state index contributed by atoms with van der Waals surface area (Å²) in [7, 11) is 0. The van der Waals surface area contributed by atoms with Crippen LogP contribution in [0.15, 0.2) is 54.6 Å². The van der Waals surface area contributed by atoms with Crippen molar-refractivity contribution >= 4 is 5.69 Å². The van der Waals surface area contributed by atoms with Crippen molar-refractivity contribution in [2.45, 2.75) is 26.8 Å². The molecule has 1 aromatic heterocycles. The smallest absolute Gasteiger partial charge is 0.122 e. The lowest BCUT2D eigenvalue weighted by Crippen LogP contribution is -2.08. The molecule has 1 heterocycles. The summed E-state index contributed by atoms with van der Waals surface area (Å²) in [5, 5.41) is 9.47. The predicted octanol–water partition coefficient (Wildman–Crippen LogP) is 4.20. The highest BCUT2D eigenvalue weighted by Crippen LogP contribution is 2.23. The Morgan fingerprint density at radius 1 is 0.958 bits per heavy atom. The average molecular weight is 315 g/mol. The molecular formula is C21H21N3. The molecule has 0 aliphatic carbocycles. The molecule has 3 rings (SSSR count). The quantitative estimate of drug-likeness (QED) is 0.784. The first kappa shape index (κ1) is 15.9. The van der Waals surface area contributed by atoms with Crippen molar-refractivity contribution in [2.24, 2.45) is 0 Å². The van der Waals surface area contributed by atoms with E-state index in [0.29, 0.717) is 17.9 Å². The molecule has 0 saturated heterocycles. The minimum Gasteiger partial charge on any atom is -0.397 e. The first-order valence-electron chi connectivity index (χ1n) is 8.06. The van der Waals surface area contributed by atoms with Crippen molar-refractivity contribution in [1.29, 1.82) is 5.26 Å². The third-order valence-corrected chi connectivity index (χ3v) is 4.23. The lowest BCUT2D eigenvalue weighted by Gasteiger charge is -2.13. The second kappa shape index (κ2) is 6.64. The van der Waals surface area contributed by atoms with Gasteiger partial charge in [-0.25, -0.2) is 0 Å². The zero-order valence-corrected chi connectivity index (χ0v) is 14.1. The van der Waals surface area contributed by atoms with E-state index in [1.165, 1.54) is 22.3 Å². The Labute approximate surface area is 143 Å². The first-order valence-corrected chi connectivity index (χ1v) is 8.06. The van der Waals surface area contributed by atoms with Gasteiger partial charge in [0.2, 0.25) is 0 Å². The number of nitriles is 1. The van der Waals surface area contributed by atoms with Gasteiger partial charge < -0.3 is 10.3 Å². The molecule has 0 amide bonds. The van der Waals surface area contributed by atoms with Crippen LogP contribution in [0, 0.1) is 25.2 Å². The maximum atomic E-state index is 9.47. The predicted molar refractivity (Wildman–Crippen MR) is 97.8 cm³/mol. The number of nitrogens with two attached hydrogens (primary N) is 1. The number of anilines is 1. The molecule has 0 fully saturated rings. The van der Waals surface area contributed by atoms with Crippen molar-refractivity contribution < 1.29 is 0 Å². The van der Waals surface area contributed by atoms with E-state index >= 15 is 0 Å². The third kappa shape index (κ3) is 3.33. The summed E-state index contributed by atoms with van der Waals surface area (Å²) < 4.78 is 2.03. The molecule has 0 radical (unpaired) electrons. The van der Waals surface area contributed by atoms with Gasteiger partial charge in [0.15, 0.2) is 0 Å². The molecular weight excluding hydrogens is 294 g/mol. The fourth-order valence-electron chi connectivity index (χ4n) is 3.09. The average Bonchev–Trinajstić information content (AvgIpc) is 2.83. The fraction of sp³-hybridized carbons (Fsp3) is 0.190. The molecule has 0 bridgehead atoms. The highest BCUT2D eigenvalue weighted by atomic mass is 15.0. The van der Waals surface area contributed by atoms with Crippen LogP contribution in [0.25, 0.3) is 0 Å². The summed E-state index contributed by atoms with van der Waals surface area (Å²) in [5.74, 6) is 0. The molecule has 3 nitrogen and oxygen atoms in total. The number of aromatic nitrogens is 1. The van der Waals surface area contributed by atoms with E-state index in [4.69, 9.17) is 5.73 Å². The van der Waals surface area contributed by atoms with Crippen molar-refractivity contribution in [3.8, 4) is 6.07 Å². The minimum absolute atomic E-state index is 0.608. The largest absolute Gasteiger partial charge is 0.397 e. The minimum atomic E-state index is 0.608. The zero-order chi connectivity index (χ0) is 17.1. The molecule has 3 aromatic rings. The number of aryl methyl sites for hydroxylation is 2. The Balaban J connectivity index is 2.00. The van der Waals surface area contributed by atoms with Crippen LogP contribution in [-0.2, 0) is 13.0 Å². The SMILES string of the molecule is Cc1cccc(Cc2c(N)cc(C#N)n2Cc2cccc(C)c2)c1. The Kier molecular flexibility index (Phi) is 4.39. The Morgan fingerprint density at radius 2 is 1.58 bits per heavy atom. The Bertz CT molecular complexity index is 913. The van der Waals surface area contributed by atoms with E-state index in [0.717, 1.165) is 12.1 Å². The van der Waals surface area contributed by atoms with Crippen molar-refractivity contribution in [3.05, 3.63) is 88.2 Å². The van der Waals surface area contributed by atoms with E-state index in [2.05, 4.69) is 62.4 Å². The van der Waals surface area contributed by atoms with Gasteiger partial charge in [0, 0.05) is 18.7 Å². The van der Waals surface area contributed by atoms with Crippen molar-refractivity contribution in [3.63, 3.8) is 0 Å². The van der Waals surface area contributed by atoms with E-state index in [1.54, 1.807) is 6.07 Å². The van der Waals surface area contributed by atoms with Gasteiger partial charge in [-0.2, -0.15) is 5.26 Å². The summed E-state index contributed by atoms with van der Waals surface area (Å²) in [5.41, 5.74) is 13.3. The summed E-state index contributed by atoms with van der Waals surface area (Å²) >= 11 is 0. The van der Waals surface area contributed by atoms with Gasteiger partial charge in [0.25, 0.3) is 0 Å². The van der Waals surface area contributed by atoms with Crippen LogP contribution in [-0.4, -0.2) is 4.57 Å². The molecule has 0 unspecified atom stereocenters. The van der Waals surface area contributed by atoms with Crippen molar-refractivity contribution in [1.82, 2.24) is 4.57 Å². The van der Waals surface area contributed by atoms with Crippen LogP contribution in [0.2, 0.25) is 0 Å². The Hall–Kier alpha value is -2.99. The van der Waals surface area contributed by atoms with E-state index in [-0.39, 0.29) is 0 Å². The number of hydrogen-bond donors (Lipinski definition) is 1. The maximum Gasteiger partial charge on any atom is 0.122 e. The second-order valence-corrected chi connectivity index (χ2v) is 6.28. The summed E-state index contributed by atoms with van der Waals surface area (Å²) in [6.45, 7) is 4.81. The summed E-state index contributed by atoms with van der Waals surface area (Å²) in [6.07, 6.45) is 0.723. The van der Waals surface area contributed by atoms with Gasteiger partial charge in [-0.1, -0.05) is 59.7 Å². The number of rotatable bonds is 4. The number of benzene rings is 2. The van der Waals surface area contributed by atoms with Crippen molar-refractivity contribution in [2.75, 3.05) is 5.73 Å². The first-order chi connectivity index (χ1) is 11.6. The monoisotopic (exact) mass is 315 g/mol. The van der Waals surface area contributed by atoms with Crippen LogP contribution in [0.1, 0.15) is 33.6 Å². The summed E-state index contributed by atoms with van der Waals surface area (Å²) in [4.78, 5) is 0. The molecule has 0 atom stereocenters. The van der Waals surface area contributed by atoms with Crippen LogP contribution in [0.3, 0.4) is 0 Å². The lowest BCUT2D eigenvalue weighted by molar-refractivity contribution is 0.748. The molecule has 0 saturated carbocycles. The van der Waals surface area contributed by atoms with Gasteiger partial charge in [-0.15, -0.1) is 0 Å². The molecule has 0 aliphatic rings. The van der Waals surface area contributed by atoms with Crippen LogP contribution >= 0.6 is 0 Å². The molecule has 24 heavy (non-hydrogen) atoms. The lowest BCUT2D eigenvalue weighted by atomic mass is 10.1. The summed E-state index contributed by atoms with van der Waals surface area (Å²) in [6, 6.07) is 20.8. The Morgan fingerprint density at radius 3 is 2.21 bits per heavy atom.